The molecule has 0 amide bonds. The highest BCUT2D eigenvalue weighted by atomic mass is 79.9. The Morgan fingerprint density at radius 2 is 2.14 bits per heavy atom. The van der Waals surface area contributed by atoms with E-state index < -0.39 is 0 Å². The second-order valence-electron chi connectivity index (χ2n) is 4.41. The van der Waals surface area contributed by atoms with Gasteiger partial charge >= 0.3 is 0 Å². The van der Waals surface area contributed by atoms with Gasteiger partial charge in [0.2, 0.25) is 0 Å². The SMILES string of the molecule is Brc1ccc2c(c1)CCC[C@@]21CCN1. The molecule has 0 bridgehead atoms. The third kappa shape index (κ3) is 1.17. The van der Waals surface area contributed by atoms with Crippen LogP contribution < -0.4 is 5.32 Å². The van der Waals surface area contributed by atoms with Crippen LogP contribution in [-0.4, -0.2) is 6.54 Å². The molecule has 0 radical (unpaired) electrons. The van der Waals surface area contributed by atoms with E-state index in [1.165, 1.54) is 42.3 Å². The number of benzene rings is 1. The lowest BCUT2D eigenvalue weighted by Gasteiger charge is -2.47. The number of nitrogens with one attached hydrogen (secondary N) is 1. The summed E-state index contributed by atoms with van der Waals surface area (Å²) < 4.78 is 1.22. The molecule has 1 aromatic rings. The fourth-order valence-electron chi connectivity index (χ4n) is 2.82. The van der Waals surface area contributed by atoms with Crippen LogP contribution in [0.2, 0.25) is 0 Å². The summed E-state index contributed by atoms with van der Waals surface area (Å²) in [6, 6.07) is 6.76. The summed E-state index contributed by atoms with van der Waals surface area (Å²) in [5, 5.41) is 3.62. The van der Waals surface area contributed by atoms with Gasteiger partial charge < -0.3 is 5.32 Å². The van der Waals surface area contributed by atoms with Gasteiger partial charge in [-0.1, -0.05) is 22.0 Å². The number of hydrogen-bond donors (Lipinski definition) is 1. The van der Waals surface area contributed by atoms with E-state index in [9.17, 15) is 0 Å². The molecule has 2 aliphatic rings. The van der Waals surface area contributed by atoms with Crippen molar-refractivity contribution in [2.75, 3.05) is 6.54 Å². The number of aryl methyl sites for hydroxylation is 1. The number of halogens is 1. The fourth-order valence-corrected chi connectivity index (χ4v) is 3.23. The van der Waals surface area contributed by atoms with Crippen molar-refractivity contribution in [1.82, 2.24) is 5.32 Å². The van der Waals surface area contributed by atoms with Gasteiger partial charge in [0.25, 0.3) is 0 Å². The lowest BCUT2D eigenvalue weighted by atomic mass is 9.71. The van der Waals surface area contributed by atoms with Crippen molar-refractivity contribution >= 4 is 15.9 Å². The van der Waals surface area contributed by atoms with Gasteiger partial charge in [-0.2, -0.15) is 0 Å². The summed E-state index contributed by atoms with van der Waals surface area (Å²) in [7, 11) is 0. The maximum Gasteiger partial charge on any atom is 0.0449 e. The van der Waals surface area contributed by atoms with E-state index in [4.69, 9.17) is 0 Å². The molecule has 14 heavy (non-hydrogen) atoms. The molecule has 1 aliphatic heterocycles. The first-order valence-corrected chi connectivity index (χ1v) is 6.13. The molecule has 1 atom stereocenters. The molecule has 1 spiro atoms. The van der Waals surface area contributed by atoms with Crippen LogP contribution in [0.3, 0.4) is 0 Å². The van der Waals surface area contributed by atoms with Crippen molar-refractivity contribution in [3.05, 3.63) is 33.8 Å². The first-order valence-electron chi connectivity index (χ1n) is 5.34. The molecule has 3 rings (SSSR count). The van der Waals surface area contributed by atoms with E-state index in [0.29, 0.717) is 5.54 Å². The molecule has 1 N–H and O–H groups in total. The van der Waals surface area contributed by atoms with Gasteiger partial charge in [0, 0.05) is 10.0 Å². The van der Waals surface area contributed by atoms with Crippen LogP contribution in [0.25, 0.3) is 0 Å². The lowest BCUT2D eigenvalue weighted by molar-refractivity contribution is 0.178. The highest BCUT2D eigenvalue weighted by Crippen LogP contribution is 2.42. The summed E-state index contributed by atoms with van der Waals surface area (Å²) in [4.78, 5) is 0. The predicted octanol–water partition coefficient (Wildman–Crippen LogP) is 2.97. The molecule has 1 aromatic carbocycles. The molecule has 2 heteroatoms. The van der Waals surface area contributed by atoms with E-state index in [-0.39, 0.29) is 0 Å². The summed E-state index contributed by atoms with van der Waals surface area (Å²) in [5.74, 6) is 0. The van der Waals surface area contributed by atoms with Gasteiger partial charge in [-0.25, -0.2) is 0 Å². The quantitative estimate of drug-likeness (QED) is 0.748. The minimum atomic E-state index is 0.355. The molecular weight excluding hydrogens is 238 g/mol. The Kier molecular flexibility index (Phi) is 1.96. The molecule has 0 unspecified atom stereocenters. The maximum atomic E-state index is 3.62. The average molecular weight is 252 g/mol. The minimum absolute atomic E-state index is 0.355. The Morgan fingerprint density at radius 3 is 2.86 bits per heavy atom. The van der Waals surface area contributed by atoms with E-state index in [1.807, 2.05) is 0 Å². The zero-order valence-corrected chi connectivity index (χ0v) is 9.73. The molecule has 74 valence electrons. The van der Waals surface area contributed by atoms with E-state index in [2.05, 4.69) is 39.4 Å². The Balaban J connectivity index is 2.10. The van der Waals surface area contributed by atoms with Crippen LogP contribution in [0, 0.1) is 0 Å². The van der Waals surface area contributed by atoms with Gasteiger partial charge in [0.1, 0.15) is 0 Å². The number of fused-ring (bicyclic) bond motifs is 2. The Labute approximate surface area is 93.0 Å². The second kappa shape index (κ2) is 3.07. The van der Waals surface area contributed by atoms with Crippen molar-refractivity contribution < 1.29 is 0 Å². The predicted molar refractivity (Wildman–Crippen MR) is 61.4 cm³/mol. The summed E-state index contributed by atoms with van der Waals surface area (Å²) in [6.07, 6.45) is 5.22. The fraction of sp³-hybridized carbons (Fsp3) is 0.500. The topological polar surface area (TPSA) is 12.0 Å². The summed E-state index contributed by atoms with van der Waals surface area (Å²) in [6.45, 7) is 1.19. The van der Waals surface area contributed by atoms with Crippen LogP contribution >= 0.6 is 15.9 Å². The minimum Gasteiger partial charge on any atom is -0.307 e. The third-order valence-corrected chi connectivity index (χ3v) is 4.14. The van der Waals surface area contributed by atoms with Crippen molar-refractivity contribution in [3.8, 4) is 0 Å². The maximum absolute atomic E-state index is 3.62. The van der Waals surface area contributed by atoms with E-state index >= 15 is 0 Å². The van der Waals surface area contributed by atoms with Gasteiger partial charge in [0.15, 0.2) is 0 Å². The molecule has 1 heterocycles. The highest BCUT2D eigenvalue weighted by molar-refractivity contribution is 9.10. The molecule has 1 fully saturated rings. The molecule has 0 aromatic heterocycles. The molecule has 1 aliphatic carbocycles. The average Bonchev–Trinajstić information content (AvgIpc) is 2.13. The van der Waals surface area contributed by atoms with Crippen molar-refractivity contribution in [2.45, 2.75) is 31.2 Å². The van der Waals surface area contributed by atoms with Crippen LogP contribution in [0.5, 0.6) is 0 Å². The van der Waals surface area contributed by atoms with Gasteiger partial charge in [-0.3, -0.25) is 0 Å². The molecule has 0 saturated carbocycles. The Bertz CT molecular complexity index is 369. The van der Waals surface area contributed by atoms with Crippen molar-refractivity contribution in [1.29, 1.82) is 0 Å². The van der Waals surface area contributed by atoms with Crippen LogP contribution in [0.1, 0.15) is 30.4 Å². The van der Waals surface area contributed by atoms with E-state index in [1.54, 1.807) is 5.56 Å². The first-order chi connectivity index (χ1) is 6.80. The van der Waals surface area contributed by atoms with Crippen LogP contribution in [0.4, 0.5) is 0 Å². The second-order valence-corrected chi connectivity index (χ2v) is 5.33. The standard InChI is InChI=1S/C12H14BrN/c13-10-3-4-11-9(8-10)2-1-5-12(11)6-7-14-12/h3-4,8,14H,1-2,5-7H2/t12-/m1/s1. The van der Waals surface area contributed by atoms with Crippen molar-refractivity contribution in [2.24, 2.45) is 0 Å². The van der Waals surface area contributed by atoms with Crippen LogP contribution in [-0.2, 0) is 12.0 Å². The molecular formula is C12H14BrN. The molecule has 1 nitrogen and oxygen atoms in total. The van der Waals surface area contributed by atoms with Gasteiger partial charge in [0.05, 0.1) is 0 Å². The van der Waals surface area contributed by atoms with Crippen molar-refractivity contribution in [3.63, 3.8) is 0 Å². The lowest BCUT2D eigenvalue weighted by Crippen LogP contribution is -2.55. The number of hydrogen-bond acceptors (Lipinski definition) is 1. The Hall–Kier alpha value is -0.340. The zero-order valence-electron chi connectivity index (χ0n) is 8.15. The normalized spacial score (nSPS) is 29.8. The highest BCUT2D eigenvalue weighted by Gasteiger charge is 2.40. The summed E-state index contributed by atoms with van der Waals surface area (Å²) >= 11 is 3.55. The van der Waals surface area contributed by atoms with Gasteiger partial charge in [-0.05, 0) is 55.5 Å². The van der Waals surface area contributed by atoms with E-state index in [0.717, 1.165) is 0 Å². The third-order valence-electron chi connectivity index (χ3n) is 3.65. The smallest absolute Gasteiger partial charge is 0.0449 e. The van der Waals surface area contributed by atoms with Crippen LogP contribution in [0.15, 0.2) is 22.7 Å². The monoisotopic (exact) mass is 251 g/mol. The zero-order chi connectivity index (χ0) is 9.60. The summed E-state index contributed by atoms with van der Waals surface area (Å²) in [5.41, 5.74) is 3.45. The number of rotatable bonds is 0. The Morgan fingerprint density at radius 1 is 1.29 bits per heavy atom. The largest absolute Gasteiger partial charge is 0.307 e. The van der Waals surface area contributed by atoms with Gasteiger partial charge in [-0.15, -0.1) is 0 Å². The first kappa shape index (κ1) is 8.93. The molecule has 1 saturated heterocycles.